The highest BCUT2D eigenvalue weighted by Gasteiger charge is 1.99. The number of carbonyl (C=O) groups is 2. The molecule has 0 fully saturated rings. The van der Waals surface area contributed by atoms with Crippen LogP contribution in [-0.4, -0.2) is 18.7 Å². The lowest BCUT2D eigenvalue weighted by Gasteiger charge is -2.01. The summed E-state index contributed by atoms with van der Waals surface area (Å²) in [6.45, 7) is 0.115. The number of benzene rings is 1. The van der Waals surface area contributed by atoms with Crippen molar-refractivity contribution in [2.24, 2.45) is 0 Å². The van der Waals surface area contributed by atoms with Gasteiger partial charge in [0.25, 0.3) is 0 Å². The molecule has 0 heterocycles. The van der Waals surface area contributed by atoms with Gasteiger partial charge in [0, 0.05) is 6.42 Å². The second-order valence-electron chi connectivity index (χ2n) is 3.31. The van der Waals surface area contributed by atoms with Crippen LogP contribution in [-0.2, 0) is 16.0 Å². The molecule has 0 aliphatic carbocycles. The Morgan fingerprint density at radius 1 is 1.27 bits per heavy atom. The first-order valence-electron chi connectivity index (χ1n) is 5.07. The predicted molar refractivity (Wildman–Crippen MR) is 58.5 cm³/mol. The van der Waals surface area contributed by atoms with Gasteiger partial charge in [-0.1, -0.05) is 30.3 Å². The van der Waals surface area contributed by atoms with Gasteiger partial charge in [0.15, 0.2) is 0 Å². The molecular formula is C12H15NO2. The zero-order valence-corrected chi connectivity index (χ0v) is 8.61. The molecule has 3 nitrogen and oxygen atoms in total. The Hall–Kier alpha value is -1.64. The van der Waals surface area contributed by atoms with Crippen LogP contribution in [0.2, 0.25) is 0 Å². The lowest BCUT2D eigenvalue weighted by atomic mass is 10.1. The van der Waals surface area contributed by atoms with Gasteiger partial charge in [-0.15, -0.1) is 0 Å². The number of hydrogen-bond acceptors (Lipinski definition) is 2. The molecule has 1 amide bonds. The van der Waals surface area contributed by atoms with Crippen molar-refractivity contribution in [2.75, 3.05) is 6.54 Å². The summed E-state index contributed by atoms with van der Waals surface area (Å²) in [5, 5.41) is 2.51. The molecule has 0 saturated carbocycles. The van der Waals surface area contributed by atoms with Gasteiger partial charge in [0.2, 0.25) is 5.91 Å². The van der Waals surface area contributed by atoms with Gasteiger partial charge in [-0.25, -0.2) is 0 Å². The van der Waals surface area contributed by atoms with Gasteiger partial charge in [-0.05, 0) is 18.4 Å². The summed E-state index contributed by atoms with van der Waals surface area (Å²) in [4.78, 5) is 21.1. The maximum atomic E-state index is 11.1. The summed E-state index contributed by atoms with van der Waals surface area (Å²) >= 11 is 0. The van der Waals surface area contributed by atoms with E-state index in [1.54, 1.807) is 0 Å². The molecule has 0 radical (unpaired) electrons. The van der Waals surface area contributed by atoms with Crippen molar-refractivity contribution in [1.82, 2.24) is 5.32 Å². The molecule has 80 valence electrons. The number of nitrogens with one attached hydrogen (secondary N) is 1. The Labute approximate surface area is 89.5 Å². The van der Waals surface area contributed by atoms with E-state index in [2.05, 4.69) is 5.32 Å². The lowest BCUT2D eigenvalue weighted by molar-refractivity contribution is -0.122. The van der Waals surface area contributed by atoms with Crippen molar-refractivity contribution in [1.29, 1.82) is 0 Å². The second-order valence-corrected chi connectivity index (χ2v) is 3.31. The van der Waals surface area contributed by atoms with Crippen LogP contribution in [0.15, 0.2) is 30.3 Å². The molecule has 1 rings (SSSR count). The molecule has 15 heavy (non-hydrogen) atoms. The average Bonchev–Trinajstić information content (AvgIpc) is 2.28. The summed E-state index contributed by atoms with van der Waals surface area (Å²) in [6.07, 6.45) is 2.88. The van der Waals surface area contributed by atoms with E-state index in [-0.39, 0.29) is 12.5 Å². The normalized spacial score (nSPS) is 9.60. The minimum absolute atomic E-state index is 0.0574. The Balaban J connectivity index is 2.16. The van der Waals surface area contributed by atoms with Crippen LogP contribution in [0.25, 0.3) is 0 Å². The molecule has 0 bridgehead atoms. The molecule has 0 aliphatic rings. The summed E-state index contributed by atoms with van der Waals surface area (Å²) in [7, 11) is 0. The van der Waals surface area contributed by atoms with Gasteiger partial charge in [0.1, 0.15) is 6.29 Å². The van der Waals surface area contributed by atoms with E-state index in [9.17, 15) is 9.59 Å². The number of hydrogen-bond donors (Lipinski definition) is 1. The largest absolute Gasteiger partial charge is 0.349 e. The van der Waals surface area contributed by atoms with Gasteiger partial charge >= 0.3 is 0 Å². The van der Waals surface area contributed by atoms with Gasteiger partial charge in [0.05, 0.1) is 6.54 Å². The van der Waals surface area contributed by atoms with Crippen molar-refractivity contribution in [2.45, 2.75) is 19.3 Å². The second kappa shape index (κ2) is 6.76. The lowest BCUT2D eigenvalue weighted by Crippen LogP contribution is -2.24. The molecule has 0 unspecified atom stereocenters. The highest BCUT2D eigenvalue weighted by atomic mass is 16.2. The fourth-order valence-electron chi connectivity index (χ4n) is 1.34. The molecule has 0 atom stereocenters. The fraction of sp³-hybridized carbons (Fsp3) is 0.333. The molecule has 3 heteroatoms. The summed E-state index contributed by atoms with van der Waals surface area (Å²) in [6, 6.07) is 10.0. The SMILES string of the molecule is O=CCNC(=O)CCCc1ccccc1. The van der Waals surface area contributed by atoms with E-state index >= 15 is 0 Å². The van der Waals surface area contributed by atoms with Gasteiger partial charge in [-0.2, -0.15) is 0 Å². The van der Waals surface area contributed by atoms with Crippen LogP contribution in [0, 0.1) is 0 Å². The standard InChI is InChI=1S/C12H15NO2/c14-10-9-13-12(15)8-4-7-11-5-2-1-3-6-11/h1-3,5-6,10H,4,7-9H2,(H,13,15). The third kappa shape index (κ3) is 4.96. The number of aldehydes is 1. The Morgan fingerprint density at radius 2 is 2.00 bits per heavy atom. The quantitative estimate of drug-likeness (QED) is 0.712. The number of aryl methyl sites for hydroxylation is 1. The zero-order valence-electron chi connectivity index (χ0n) is 8.61. The topological polar surface area (TPSA) is 46.2 Å². The van der Waals surface area contributed by atoms with Gasteiger partial charge < -0.3 is 10.1 Å². The number of rotatable bonds is 6. The molecule has 1 aromatic carbocycles. The average molecular weight is 205 g/mol. The Morgan fingerprint density at radius 3 is 2.67 bits per heavy atom. The first kappa shape index (κ1) is 11.4. The summed E-state index contributed by atoms with van der Waals surface area (Å²) < 4.78 is 0. The van der Waals surface area contributed by atoms with E-state index in [0.717, 1.165) is 12.8 Å². The van der Waals surface area contributed by atoms with Crippen molar-refractivity contribution >= 4 is 12.2 Å². The fourth-order valence-corrected chi connectivity index (χ4v) is 1.34. The smallest absolute Gasteiger partial charge is 0.220 e. The molecule has 0 saturated heterocycles. The van der Waals surface area contributed by atoms with E-state index < -0.39 is 0 Å². The third-order valence-corrected chi connectivity index (χ3v) is 2.09. The van der Waals surface area contributed by atoms with Gasteiger partial charge in [-0.3, -0.25) is 4.79 Å². The van der Waals surface area contributed by atoms with Crippen molar-refractivity contribution in [3.05, 3.63) is 35.9 Å². The van der Waals surface area contributed by atoms with Crippen molar-refractivity contribution < 1.29 is 9.59 Å². The Bertz CT molecular complexity index is 309. The van der Waals surface area contributed by atoms with Crippen LogP contribution in [0.5, 0.6) is 0 Å². The first-order chi connectivity index (χ1) is 7.33. The van der Waals surface area contributed by atoms with E-state index in [4.69, 9.17) is 0 Å². The first-order valence-corrected chi connectivity index (χ1v) is 5.07. The highest BCUT2D eigenvalue weighted by molar-refractivity contribution is 5.78. The van der Waals surface area contributed by atoms with E-state index in [1.165, 1.54) is 5.56 Å². The third-order valence-electron chi connectivity index (χ3n) is 2.09. The van der Waals surface area contributed by atoms with Crippen LogP contribution in [0.4, 0.5) is 0 Å². The molecule has 0 aliphatic heterocycles. The van der Waals surface area contributed by atoms with E-state index in [0.29, 0.717) is 12.7 Å². The number of amides is 1. The molecule has 1 N–H and O–H groups in total. The van der Waals surface area contributed by atoms with Crippen LogP contribution < -0.4 is 5.32 Å². The van der Waals surface area contributed by atoms with Crippen LogP contribution >= 0.6 is 0 Å². The van der Waals surface area contributed by atoms with Crippen LogP contribution in [0.1, 0.15) is 18.4 Å². The van der Waals surface area contributed by atoms with E-state index in [1.807, 2.05) is 30.3 Å². The van der Waals surface area contributed by atoms with Crippen molar-refractivity contribution in [3.8, 4) is 0 Å². The summed E-state index contributed by atoms with van der Waals surface area (Å²) in [5.74, 6) is -0.0574. The Kier molecular flexibility index (Phi) is 5.15. The zero-order chi connectivity index (χ0) is 10.9. The number of carbonyl (C=O) groups excluding carboxylic acids is 2. The minimum atomic E-state index is -0.0574. The van der Waals surface area contributed by atoms with Crippen molar-refractivity contribution in [3.63, 3.8) is 0 Å². The molecule has 0 aromatic heterocycles. The highest BCUT2D eigenvalue weighted by Crippen LogP contribution is 2.03. The maximum absolute atomic E-state index is 11.1. The molecular weight excluding hydrogens is 190 g/mol. The molecule has 0 spiro atoms. The predicted octanol–water partition coefficient (Wildman–Crippen LogP) is 1.32. The summed E-state index contributed by atoms with van der Waals surface area (Å²) in [5.41, 5.74) is 1.24. The minimum Gasteiger partial charge on any atom is -0.349 e. The monoisotopic (exact) mass is 205 g/mol. The maximum Gasteiger partial charge on any atom is 0.220 e. The molecule has 1 aromatic rings. The van der Waals surface area contributed by atoms with Crippen LogP contribution in [0.3, 0.4) is 0 Å².